The van der Waals surface area contributed by atoms with Crippen LogP contribution < -0.4 is 0 Å². The second-order valence-corrected chi connectivity index (χ2v) is 0. The maximum absolute atomic E-state index is 8.28. The smallest absolute Gasteiger partial charge is 0.316 e. The maximum atomic E-state index is 8.28. The van der Waals surface area contributed by atoms with Crippen molar-refractivity contribution in [2.75, 3.05) is 0 Å². The Morgan fingerprint density at radius 1 is 1.20 bits per heavy atom. The van der Waals surface area contributed by atoms with Crippen LogP contribution in [0.5, 0.6) is 0 Å². The van der Waals surface area contributed by atoms with Crippen LogP contribution in [-0.2, 0) is 41.0 Å². The molecule has 0 saturated carbocycles. The molecule has 5 heteroatoms. The van der Waals surface area contributed by atoms with Gasteiger partial charge in [-0.15, -0.1) is 0 Å². The standard InChI is InChI=1S/Mg.Mn.H2OSi.Zn.2H/c;;1-2;;;/h;;2H2;;;. The van der Waals surface area contributed by atoms with E-state index in [1.54, 1.807) is 0 Å². The Balaban J connectivity index is -0.00000000167. The van der Waals surface area contributed by atoms with Crippen molar-refractivity contribution < 1.29 is 41.0 Å². The van der Waals surface area contributed by atoms with Crippen molar-refractivity contribution in [3.8, 4) is 0 Å². The predicted octanol–water partition coefficient (Wildman–Crippen LogP) is -1.96. The number of rotatable bonds is 0. The van der Waals surface area contributed by atoms with Crippen LogP contribution >= 0.6 is 0 Å². The van der Waals surface area contributed by atoms with Gasteiger partial charge in [0.1, 0.15) is 0 Å². The van der Waals surface area contributed by atoms with Gasteiger partial charge in [0.05, 0.1) is 0 Å². The molecule has 0 aromatic carbocycles. The van der Waals surface area contributed by atoms with Crippen molar-refractivity contribution in [2.24, 2.45) is 0 Å². The zero-order valence-corrected chi connectivity index (χ0v) is 7.76. The summed E-state index contributed by atoms with van der Waals surface area (Å²) in [6.07, 6.45) is 0. The van der Waals surface area contributed by atoms with Crippen LogP contribution in [0.25, 0.3) is 0 Å². The average molecular weight is 193 g/mol. The van der Waals surface area contributed by atoms with E-state index in [1.165, 1.54) is 0 Å². The monoisotopic (exact) mass is 191 g/mol. The zero-order valence-electron chi connectivity index (χ0n) is 2.20. The molecule has 0 heterocycles. The third kappa shape index (κ3) is 24.6. The summed E-state index contributed by atoms with van der Waals surface area (Å²) in [5.74, 6) is 0. The maximum Gasteiger partial charge on any atom is 0.316 e. The van der Waals surface area contributed by atoms with Crippen molar-refractivity contribution >= 4 is 33.2 Å². The third-order valence-corrected chi connectivity index (χ3v) is 0. The molecule has 0 N–H and O–H groups in total. The molecule has 25 valence electrons. The first-order valence-corrected chi connectivity index (χ1v) is 0.866. The molecule has 0 aliphatic rings. The van der Waals surface area contributed by atoms with E-state index in [2.05, 4.69) is 0 Å². The van der Waals surface area contributed by atoms with Crippen LogP contribution in [0.15, 0.2) is 0 Å². The van der Waals surface area contributed by atoms with Gasteiger partial charge in [-0.05, 0) is 0 Å². The van der Waals surface area contributed by atoms with Crippen molar-refractivity contribution in [3.63, 3.8) is 0 Å². The van der Waals surface area contributed by atoms with Gasteiger partial charge in [-0.3, -0.25) is 0 Å². The fourth-order valence-corrected chi connectivity index (χ4v) is 0. The summed E-state index contributed by atoms with van der Waals surface area (Å²) in [6, 6.07) is 0. The van der Waals surface area contributed by atoms with Crippen molar-refractivity contribution in [1.82, 2.24) is 0 Å². The van der Waals surface area contributed by atoms with Gasteiger partial charge >= 0.3 is 23.1 Å². The molecule has 0 aromatic heterocycles. The first-order valence-electron chi connectivity index (χ1n) is 0.289. The quantitative estimate of drug-likeness (QED) is 0.408. The summed E-state index contributed by atoms with van der Waals surface area (Å²) in [6.45, 7) is 0. The van der Waals surface area contributed by atoms with Crippen LogP contribution in [0, 0.1) is 0 Å². The van der Waals surface area contributed by atoms with Gasteiger partial charge in [0.2, 0.25) is 10.1 Å². The summed E-state index contributed by atoms with van der Waals surface area (Å²) >= 11 is 0. The van der Waals surface area contributed by atoms with Crippen molar-refractivity contribution in [2.45, 2.75) is 0 Å². The summed E-state index contributed by atoms with van der Waals surface area (Å²) in [5, 5.41) is 0. The van der Waals surface area contributed by atoms with Crippen LogP contribution in [-0.4, -0.2) is 33.2 Å². The summed E-state index contributed by atoms with van der Waals surface area (Å²) in [7, 11) is 0.611. The van der Waals surface area contributed by atoms with Gasteiger partial charge < -0.3 is 4.46 Å². The molecule has 0 rings (SSSR count). The van der Waals surface area contributed by atoms with Crippen LogP contribution in [0.3, 0.4) is 0 Å². The minimum atomic E-state index is 0. The summed E-state index contributed by atoms with van der Waals surface area (Å²) in [5.41, 5.74) is 0. The summed E-state index contributed by atoms with van der Waals surface area (Å²) in [4.78, 5) is 0. The van der Waals surface area contributed by atoms with Gasteiger partial charge in [0.15, 0.2) is 0 Å². The zero-order chi connectivity index (χ0) is 2.00. The topological polar surface area (TPSA) is 17.1 Å². The Morgan fingerprint density at radius 2 is 1.20 bits per heavy atom. The molecule has 0 aliphatic carbocycles. The molecule has 0 aliphatic heterocycles. The number of hydrogen-bond acceptors (Lipinski definition) is 1. The van der Waals surface area contributed by atoms with E-state index in [0.29, 0.717) is 10.1 Å². The molecule has 0 saturated heterocycles. The average Bonchev–Trinajstić information content (AvgIpc) is 1.00. The molecule has 0 fully saturated rings. The SMILES string of the molecule is O=[SiH2].[MgH2].[Mn].[Zn]. The van der Waals surface area contributed by atoms with E-state index in [-0.39, 0.29) is 59.6 Å². The van der Waals surface area contributed by atoms with E-state index >= 15 is 0 Å². The van der Waals surface area contributed by atoms with Crippen molar-refractivity contribution in [1.29, 1.82) is 0 Å². The van der Waals surface area contributed by atoms with Gasteiger partial charge in [-0.2, -0.15) is 0 Å². The molecule has 0 bridgehead atoms. The van der Waals surface area contributed by atoms with Crippen LogP contribution in [0.4, 0.5) is 0 Å². The minimum absolute atomic E-state index is 0. The van der Waals surface area contributed by atoms with E-state index in [4.69, 9.17) is 4.46 Å². The second kappa shape index (κ2) is 38.8. The molecular weight excluding hydrogens is 189 g/mol. The Bertz CT molecular complexity index is 11.6. The number of hydrogen-bond donors (Lipinski definition) is 0. The molecule has 1 nitrogen and oxygen atoms in total. The molecule has 0 amide bonds. The fourth-order valence-electron chi connectivity index (χ4n) is 0. The molecule has 0 aromatic rings. The first kappa shape index (κ1) is 28.4. The Hall–Kier alpha value is 1.93. The van der Waals surface area contributed by atoms with E-state index in [1.807, 2.05) is 0 Å². The van der Waals surface area contributed by atoms with E-state index in [9.17, 15) is 0 Å². The molecule has 5 heavy (non-hydrogen) atoms. The fraction of sp³-hybridized carbons (Fsp3) is 0. The van der Waals surface area contributed by atoms with Crippen LogP contribution in [0.1, 0.15) is 0 Å². The molecular formula is H4MgMnOSiZn. The van der Waals surface area contributed by atoms with Gasteiger partial charge in [-0.25, -0.2) is 0 Å². The second-order valence-electron chi connectivity index (χ2n) is 0. The van der Waals surface area contributed by atoms with Gasteiger partial charge in [0, 0.05) is 36.5 Å². The molecule has 0 atom stereocenters. The normalized spacial score (nSPS) is 0.800. The third-order valence-electron chi connectivity index (χ3n) is 0. The molecule has 0 spiro atoms. The summed E-state index contributed by atoms with van der Waals surface area (Å²) < 4.78 is 8.28. The largest absolute Gasteiger partial charge is 0.396 e. The first-order chi connectivity index (χ1) is 1.00. The predicted molar refractivity (Wildman–Crippen MR) is 17.8 cm³/mol. The Morgan fingerprint density at radius 3 is 1.20 bits per heavy atom. The van der Waals surface area contributed by atoms with E-state index in [0.717, 1.165) is 0 Å². The van der Waals surface area contributed by atoms with Crippen molar-refractivity contribution in [3.05, 3.63) is 0 Å². The Kier molecular flexibility index (Phi) is 220. The van der Waals surface area contributed by atoms with E-state index < -0.39 is 0 Å². The molecule has 1 radical (unpaired) electrons. The van der Waals surface area contributed by atoms with Gasteiger partial charge in [0.25, 0.3) is 0 Å². The Labute approximate surface area is 73.5 Å². The van der Waals surface area contributed by atoms with Gasteiger partial charge in [-0.1, -0.05) is 0 Å². The molecule has 0 unspecified atom stereocenters. The minimum Gasteiger partial charge on any atom is -0.396 e. The van der Waals surface area contributed by atoms with Crippen LogP contribution in [0.2, 0.25) is 0 Å².